The molecule has 0 saturated heterocycles. The van der Waals surface area contributed by atoms with E-state index in [0.717, 1.165) is 31.8 Å². The van der Waals surface area contributed by atoms with E-state index >= 15 is 0 Å². The maximum absolute atomic E-state index is 3.65. The van der Waals surface area contributed by atoms with Crippen molar-refractivity contribution in [3.8, 4) is 0 Å². The van der Waals surface area contributed by atoms with Crippen LogP contribution in [0.2, 0.25) is 0 Å². The molecule has 1 N–H and O–H groups in total. The van der Waals surface area contributed by atoms with Crippen LogP contribution < -0.4 is 5.32 Å². The topological polar surface area (TPSA) is 12.0 Å². The van der Waals surface area contributed by atoms with E-state index in [4.69, 9.17) is 0 Å². The van der Waals surface area contributed by atoms with Gasteiger partial charge < -0.3 is 5.32 Å². The van der Waals surface area contributed by atoms with E-state index in [1.807, 2.05) is 0 Å². The maximum atomic E-state index is 3.65. The van der Waals surface area contributed by atoms with Crippen molar-refractivity contribution in [2.75, 3.05) is 13.1 Å². The van der Waals surface area contributed by atoms with Gasteiger partial charge in [-0.1, -0.05) is 65.8 Å². The number of hydrogen-bond acceptors (Lipinski definition) is 1. The van der Waals surface area contributed by atoms with E-state index in [1.54, 1.807) is 0 Å². The standard InChI is InChI=1S/C19H33N/c1-7-17-8-10-18(11-9-17)12-19(6,16(4)5)14-20-13-15(2)3/h8-11,15-16,20H,7,12-14H2,1-6H3. The van der Waals surface area contributed by atoms with Gasteiger partial charge in [0.25, 0.3) is 0 Å². The summed E-state index contributed by atoms with van der Waals surface area (Å²) in [4.78, 5) is 0. The second-order valence-electron chi connectivity index (χ2n) is 7.18. The van der Waals surface area contributed by atoms with Crippen molar-refractivity contribution in [2.24, 2.45) is 17.3 Å². The summed E-state index contributed by atoms with van der Waals surface area (Å²) in [5.74, 6) is 1.39. The second-order valence-corrected chi connectivity index (χ2v) is 7.18. The van der Waals surface area contributed by atoms with Crippen molar-refractivity contribution in [2.45, 2.75) is 54.4 Å². The highest BCUT2D eigenvalue weighted by Crippen LogP contribution is 2.31. The van der Waals surface area contributed by atoms with Gasteiger partial charge in [0.15, 0.2) is 0 Å². The quantitative estimate of drug-likeness (QED) is 0.725. The van der Waals surface area contributed by atoms with Crippen molar-refractivity contribution in [1.82, 2.24) is 5.32 Å². The van der Waals surface area contributed by atoms with Gasteiger partial charge in [-0.2, -0.15) is 0 Å². The predicted octanol–water partition coefficient (Wildman–Crippen LogP) is 4.70. The van der Waals surface area contributed by atoms with Gasteiger partial charge in [-0.05, 0) is 47.8 Å². The second kappa shape index (κ2) is 7.83. The van der Waals surface area contributed by atoms with Gasteiger partial charge in [-0.3, -0.25) is 0 Å². The van der Waals surface area contributed by atoms with E-state index in [1.165, 1.54) is 11.1 Å². The van der Waals surface area contributed by atoms with Crippen LogP contribution in [0.1, 0.15) is 52.7 Å². The molecule has 0 saturated carbocycles. The van der Waals surface area contributed by atoms with E-state index in [2.05, 4.69) is 71.1 Å². The molecule has 0 spiro atoms. The molecule has 0 aliphatic rings. The Balaban J connectivity index is 2.69. The SMILES string of the molecule is CCc1ccc(CC(C)(CNCC(C)C)C(C)C)cc1. The van der Waals surface area contributed by atoms with Crippen LogP contribution in [0.25, 0.3) is 0 Å². The lowest BCUT2D eigenvalue weighted by molar-refractivity contribution is 0.205. The van der Waals surface area contributed by atoms with Crippen LogP contribution >= 0.6 is 0 Å². The Morgan fingerprint density at radius 1 is 1.00 bits per heavy atom. The molecule has 0 aromatic heterocycles. The normalized spacial score (nSPS) is 14.8. The van der Waals surface area contributed by atoms with Crippen LogP contribution in [0.5, 0.6) is 0 Å². The summed E-state index contributed by atoms with van der Waals surface area (Å²) >= 11 is 0. The van der Waals surface area contributed by atoms with Crippen molar-refractivity contribution >= 4 is 0 Å². The number of aryl methyl sites for hydroxylation is 1. The van der Waals surface area contributed by atoms with Crippen LogP contribution in [-0.2, 0) is 12.8 Å². The Bertz CT molecular complexity index is 377. The van der Waals surface area contributed by atoms with Crippen LogP contribution in [0, 0.1) is 17.3 Å². The summed E-state index contributed by atoms with van der Waals surface area (Å²) in [5.41, 5.74) is 3.21. The molecule has 1 nitrogen and oxygen atoms in total. The van der Waals surface area contributed by atoms with Crippen LogP contribution in [0.3, 0.4) is 0 Å². The largest absolute Gasteiger partial charge is 0.316 e. The number of hydrogen-bond donors (Lipinski definition) is 1. The summed E-state index contributed by atoms with van der Waals surface area (Å²) in [7, 11) is 0. The van der Waals surface area contributed by atoms with Crippen molar-refractivity contribution in [3.63, 3.8) is 0 Å². The van der Waals surface area contributed by atoms with Crippen LogP contribution in [0.15, 0.2) is 24.3 Å². The third kappa shape index (κ3) is 5.28. The summed E-state index contributed by atoms with van der Waals surface area (Å²) in [6.07, 6.45) is 2.28. The molecular weight excluding hydrogens is 242 g/mol. The average Bonchev–Trinajstić information content (AvgIpc) is 2.39. The molecule has 0 bridgehead atoms. The van der Waals surface area contributed by atoms with Crippen LogP contribution in [0.4, 0.5) is 0 Å². The molecule has 1 rings (SSSR count). The third-order valence-corrected chi connectivity index (χ3v) is 4.51. The highest BCUT2D eigenvalue weighted by Gasteiger charge is 2.28. The molecule has 0 radical (unpaired) electrons. The molecule has 114 valence electrons. The summed E-state index contributed by atoms with van der Waals surface area (Å²) in [6.45, 7) is 16.1. The van der Waals surface area contributed by atoms with Gasteiger partial charge in [-0.15, -0.1) is 0 Å². The molecule has 0 heterocycles. The molecule has 1 unspecified atom stereocenters. The lowest BCUT2D eigenvalue weighted by atomic mass is 9.74. The van der Waals surface area contributed by atoms with E-state index < -0.39 is 0 Å². The fraction of sp³-hybridized carbons (Fsp3) is 0.684. The molecule has 1 aromatic rings. The Kier molecular flexibility index (Phi) is 6.75. The summed E-state index contributed by atoms with van der Waals surface area (Å²) in [6, 6.07) is 9.17. The molecule has 1 atom stereocenters. The zero-order chi connectivity index (χ0) is 15.2. The molecule has 0 amide bonds. The van der Waals surface area contributed by atoms with Gasteiger partial charge in [0, 0.05) is 6.54 Å². The van der Waals surface area contributed by atoms with E-state index in [-0.39, 0.29) is 0 Å². The Morgan fingerprint density at radius 2 is 1.55 bits per heavy atom. The van der Waals surface area contributed by atoms with E-state index in [0.29, 0.717) is 11.3 Å². The molecule has 1 aromatic carbocycles. The van der Waals surface area contributed by atoms with Crippen molar-refractivity contribution < 1.29 is 0 Å². The zero-order valence-electron chi connectivity index (χ0n) is 14.3. The molecule has 0 fully saturated rings. The average molecular weight is 275 g/mol. The number of benzene rings is 1. The molecular formula is C19H33N. The summed E-state index contributed by atoms with van der Waals surface area (Å²) < 4.78 is 0. The Labute approximate surface area is 126 Å². The first-order valence-electron chi connectivity index (χ1n) is 8.16. The first kappa shape index (κ1) is 17.2. The predicted molar refractivity (Wildman–Crippen MR) is 90.2 cm³/mol. The van der Waals surface area contributed by atoms with Gasteiger partial charge in [0.05, 0.1) is 0 Å². The fourth-order valence-corrected chi connectivity index (χ4v) is 2.48. The fourth-order valence-electron chi connectivity index (χ4n) is 2.48. The number of rotatable bonds is 8. The summed E-state index contributed by atoms with van der Waals surface area (Å²) in [5, 5.41) is 3.65. The Morgan fingerprint density at radius 3 is 2.00 bits per heavy atom. The van der Waals surface area contributed by atoms with Crippen LogP contribution in [-0.4, -0.2) is 13.1 Å². The van der Waals surface area contributed by atoms with E-state index in [9.17, 15) is 0 Å². The highest BCUT2D eigenvalue weighted by atomic mass is 14.9. The minimum absolute atomic E-state index is 0.322. The highest BCUT2D eigenvalue weighted by molar-refractivity contribution is 5.23. The van der Waals surface area contributed by atoms with Crippen molar-refractivity contribution in [1.29, 1.82) is 0 Å². The first-order valence-corrected chi connectivity index (χ1v) is 8.16. The maximum Gasteiger partial charge on any atom is 0.00109 e. The molecule has 0 aliphatic heterocycles. The molecule has 20 heavy (non-hydrogen) atoms. The van der Waals surface area contributed by atoms with Gasteiger partial charge >= 0.3 is 0 Å². The monoisotopic (exact) mass is 275 g/mol. The molecule has 0 aliphatic carbocycles. The zero-order valence-corrected chi connectivity index (χ0v) is 14.3. The lowest BCUT2D eigenvalue weighted by Crippen LogP contribution is -2.39. The smallest absolute Gasteiger partial charge is 0.00109 e. The van der Waals surface area contributed by atoms with Gasteiger partial charge in [0.2, 0.25) is 0 Å². The number of nitrogens with one attached hydrogen (secondary N) is 1. The van der Waals surface area contributed by atoms with Gasteiger partial charge in [0.1, 0.15) is 0 Å². The minimum atomic E-state index is 0.322. The Hall–Kier alpha value is -0.820. The lowest BCUT2D eigenvalue weighted by Gasteiger charge is -2.35. The third-order valence-electron chi connectivity index (χ3n) is 4.51. The van der Waals surface area contributed by atoms with Crippen molar-refractivity contribution in [3.05, 3.63) is 35.4 Å². The first-order chi connectivity index (χ1) is 9.37. The molecule has 1 heteroatoms. The minimum Gasteiger partial charge on any atom is -0.316 e. The van der Waals surface area contributed by atoms with Gasteiger partial charge in [-0.25, -0.2) is 0 Å².